The van der Waals surface area contributed by atoms with Crippen LogP contribution < -0.4 is 9.79 Å². The SMILES string of the molecule is CC(=O)NC(COC(C)=O)C(OC(C)=O)c1ccc(N(O)S(=O)(=O)c2ccc(C)cc2)cc1. The summed E-state index contributed by atoms with van der Waals surface area (Å²) in [5.41, 5.74) is 1.18. The highest BCUT2D eigenvalue weighted by atomic mass is 32.2. The lowest BCUT2D eigenvalue weighted by Crippen LogP contribution is -2.43. The maximum atomic E-state index is 12.7. The van der Waals surface area contributed by atoms with Crippen molar-refractivity contribution in [1.82, 2.24) is 5.32 Å². The van der Waals surface area contributed by atoms with Crippen LogP contribution in [0.25, 0.3) is 0 Å². The lowest BCUT2D eigenvalue weighted by molar-refractivity contribution is -0.152. The van der Waals surface area contributed by atoms with Crippen LogP contribution in [0.15, 0.2) is 53.4 Å². The van der Waals surface area contributed by atoms with Gasteiger partial charge in [0.15, 0.2) is 6.10 Å². The van der Waals surface area contributed by atoms with Gasteiger partial charge < -0.3 is 14.8 Å². The Balaban J connectivity index is 2.35. The zero-order valence-electron chi connectivity index (χ0n) is 18.6. The summed E-state index contributed by atoms with van der Waals surface area (Å²) in [4.78, 5) is 34.4. The van der Waals surface area contributed by atoms with Gasteiger partial charge in [-0.3, -0.25) is 19.6 Å². The second kappa shape index (κ2) is 10.9. The lowest BCUT2D eigenvalue weighted by Gasteiger charge is -2.27. The quantitative estimate of drug-likeness (QED) is 0.413. The smallest absolute Gasteiger partial charge is 0.303 e. The van der Waals surface area contributed by atoms with Gasteiger partial charge in [-0.05, 0) is 36.8 Å². The van der Waals surface area contributed by atoms with Crippen LogP contribution in [0.2, 0.25) is 0 Å². The van der Waals surface area contributed by atoms with Crippen LogP contribution in [-0.2, 0) is 33.9 Å². The number of rotatable bonds is 9. The molecule has 0 aromatic heterocycles. The van der Waals surface area contributed by atoms with E-state index in [0.29, 0.717) is 5.56 Å². The molecule has 2 atom stereocenters. The van der Waals surface area contributed by atoms with E-state index in [1.807, 2.05) is 0 Å². The molecule has 0 aliphatic heterocycles. The Morgan fingerprint density at radius 3 is 2.03 bits per heavy atom. The minimum atomic E-state index is -4.22. The van der Waals surface area contributed by atoms with E-state index in [1.54, 1.807) is 19.1 Å². The van der Waals surface area contributed by atoms with Crippen molar-refractivity contribution < 1.29 is 37.5 Å². The molecule has 178 valence electrons. The molecule has 0 heterocycles. The third-order valence-electron chi connectivity index (χ3n) is 4.50. The summed E-state index contributed by atoms with van der Waals surface area (Å²) in [6.45, 7) is 5.18. The highest BCUT2D eigenvalue weighted by molar-refractivity contribution is 7.92. The van der Waals surface area contributed by atoms with E-state index in [-0.39, 0.29) is 21.7 Å². The molecule has 0 saturated carbocycles. The van der Waals surface area contributed by atoms with Gasteiger partial charge in [0.25, 0.3) is 10.0 Å². The topological polar surface area (TPSA) is 139 Å². The summed E-state index contributed by atoms with van der Waals surface area (Å²) in [7, 11) is -4.22. The van der Waals surface area contributed by atoms with Gasteiger partial charge >= 0.3 is 11.9 Å². The van der Waals surface area contributed by atoms with Gasteiger partial charge in [0.2, 0.25) is 5.91 Å². The maximum Gasteiger partial charge on any atom is 0.303 e. The number of carbonyl (C=O) groups excluding carboxylic acids is 3. The van der Waals surface area contributed by atoms with Gasteiger partial charge in [0, 0.05) is 20.8 Å². The summed E-state index contributed by atoms with van der Waals surface area (Å²) in [6, 6.07) is 10.6. The summed E-state index contributed by atoms with van der Waals surface area (Å²) >= 11 is 0. The number of nitrogens with one attached hydrogen (secondary N) is 1. The summed E-state index contributed by atoms with van der Waals surface area (Å²) in [6.07, 6.45) is -1.04. The number of sulfonamides is 1. The second-order valence-corrected chi connectivity index (χ2v) is 9.06. The van der Waals surface area contributed by atoms with Crippen LogP contribution in [0, 0.1) is 6.92 Å². The van der Waals surface area contributed by atoms with Gasteiger partial charge in [0.05, 0.1) is 10.6 Å². The number of benzene rings is 2. The van der Waals surface area contributed by atoms with Crippen molar-refractivity contribution in [3.63, 3.8) is 0 Å². The number of carbonyl (C=O) groups is 3. The van der Waals surface area contributed by atoms with Crippen LogP contribution in [0.5, 0.6) is 0 Å². The molecule has 2 unspecified atom stereocenters. The molecule has 0 aliphatic carbocycles. The Hall–Kier alpha value is -3.44. The lowest BCUT2D eigenvalue weighted by atomic mass is 10.0. The maximum absolute atomic E-state index is 12.7. The monoisotopic (exact) mass is 478 g/mol. The van der Waals surface area contributed by atoms with Gasteiger partial charge in [0.1, 0.15) is 12.6 Å². The zero-order valence-corrected chi connectivity index (χ0v) is 19.5. The Morgan fingerprint density at radius 1 is 0.970 bits per heavy atom. The molecule has 33 heavy (non-hydrogen) atoms. The first kappa shape index (κ1) is 25.8. The van der Waals surface area contributed by atoms with Crippen LogP contribution >= 0.6 is 0 Å². The van der Waals surface area contributed by atoms with Crippen molar-refractivity contribution in [2.75, 3.05) is 11.1 Å². The number of esters is 2. The number of anilines is 1. The molecule has 2 rings (SSSR count). The van der Waals surface area contributed by atoms with Gasteiger partial charge in [-0.25, -0.2) is 0 Å². The molecule has 10 nitrogen and oxygen atoms in total. The normalized spacial score (nSPS) is 12.9. The highest BCUT2D eigenvalue weighted by Crippen LogP contribution is 2.27. The molecule has 2 aromatic rings. The van der Waals surface area contributed by atoms with Crippen LogP contribution in [0.1, 0.15) is 38.0 Å². The molecule has 2 aromatic carbocycles. The fraction of sp³-hybridized carbons (Fsp3) is 0.318. The van der Waals surface area contributed by atoms with Crippen molar-refractivity contribution in [3.8, 4) is 0 Å². The Bertz CT molecular complexity index is 1100. The fourth-order valence-electron chi connectivity index (χ4n) is 2.97. The van der Waals surface area contributed by atoms with Crippen LogP contribution in [0.4, 0.5) is 5.69 Å². The standard InChI is InChI=1S/C22H26N2O8S/c1-14-5-11-20(12-6-14)33(29,30)24(28)19-9-7-18(8-10-19)22(32-17(4)27)21(23-15(2)25)13-31-16(3)26/h5-12,21-22,28H,13H2,1-4H3,(H,23,25). The highest BCUT2D eigenvalue weighted by Gasteiger charge is 2.29. The van der Waals surface area contributed by atoms with Crippen molar-refractivity contribution in [3.05, 3.63) is 59.7 Å². The molecule has 0 bridgehead atoms. The van der Waals surface area contributed by atoms with Crippen molar-refractivity contribution in [2.24, 2.45) is 0 Å². The average molecular weight is 479 g/mol. The zero-order chi connectivity index (χ0) is 24.8. The third-order valence-corrected chi connectivity index (χ3v) is 6.04. The fourth-order valence-corrected chi connectivity index (χ4v) is 4.05. The number of nitrogens with zero attached hydrogens (tertiary/aromatic N) is 1. The minimum Gasteiger partial charge on any atom is -0.464 e. The Kier molecular flexibility index (Phi) is 8.55. The second-order valence-electron chi connectivity index (χ2n) is 7.29. The first-order valence-electron chi connectivity index (χ1n) is 9.90. The summed E-state index contributed by atoms with van der Waals surface area (Å²) < 4.78 is 35.9. The Morgan fingerprint density at radius 2 is 1.55 bits per heavy atom. The van der Waals surface area contributed by atoms with E-state index >= 15 is 0 Å². The third kappa shape index (κ3) is 7.02. The Labute approximate surface area is 192 Å². The molecule has 1 amide bonds. The van der Waals surface area contributed by atoms with Crippen molar-refractivity contribution in [2.45, 2.75) is 44.7 Å². The number of ether oxygens (including phenoxy) is 2. The average Bonchev–Trinajstić information content (AvgIpc) is 2.74. The van der Waals surface area contributed by atoms with Gasteiger partial charge in [-0.2, -0.15) is 8.42 Å². The molecular formula is C22H26N2O8S. The largest absolute Gasteiger partial charge is 0.464 e. The van der Waals surface area contributed by atoms with Crippen LogP contribution in [0.3, 0.4) is 0 Å². The predicted octanol–water partition coefficient (Wildman–Crippen LogP) is 2.25. The molecular weight excluding hydrogens is 452 g/mol. The van der Waals surface area contributed by atoms with E-state index in [0.717, 1.165) is 5.56 Å². The van der Waals surface area contributed by atoms with E-state index < -0.39 is 40.0 Å². The first-order valence-corrected chi connectivity index (χ1v) is 11.3. The van der Waals surface area contributed by atoms with Gasteiger partial charge in [-0.15, -0.1) is 4.47 Å². The summed E-state index contributed by atoms with van der Waals surface area (Å²) in [5, 5.41) is 12.9. The van der Waals surface area contributed by atoms with E-state index in [9.17, 15) is 28.0 Å². The van der Waals surface area contributed by atoms with Gasteiger partial charge in [-0.1, -0.05) is 29.8 Å². The molecule has 0 aliphatic rings. The molecule has 0 saturated heterocycles. The number of amides is 1. The summed E-state index contributed by atoms with van der Waals surface area (Å²) in [5.74, 6) is -1.67. The molecule has 0 spiro atoms. The first-order chi connectivity index (χ1) is 15.4. The number of hydrogen-bond donors (Lipinski definition) is 2. The molecule has 11 heteroatoms. The van der Waals surface area contributed by atoms with Crippen molar-refractivity contribution >= 4 is 33.6 Å². The molecule has 0 fully saturated rings. The number of aryl methyl sites for hydroxylation is 1. The van der Waals surface area contributed by atoms with E-state index in [1.165, 1.54) is 57.2 Å². The van der Waals surface area contributed by atoms with E-state index in [2.05, 4.69) is 5.32 Å². The number of hydrogen-bond acceptors (Lipinski definition) is 8. The van der Waals surface area contributed by atoms with Crippen LogP contribution in [-0.4, -0.2) is 44.1 Å². The predicted molar refractivity (Wildman–Crippen MR) is 118 cm³/mol. The van der Waals surface area contributed by atoms with E-state index in [4.69, 9.17) is 9.47 Å². The minimum absolute atomic E-state index is 0.0584. The van der Waals surface area contributed by atoms with Crippen molar-refractivity contribution in [1.29, 1.82) is 0 Å². The molecule has 2 N–H and O–H groups in total. The molecule has 0 radical (unpaired) electrons.